The molecule has 1 aromatic carbocycles. The molecular weight excluding hydrogens is 274 g/mol. The lowest BCUT2D eigenvalue weighted by Gasteiger charge is -2.40. The van der Waals surface area contributed by atoms with E-state index in [0.29, 0.717) is 18.8 Å². The van der Waals surface area contributed by atoms with Gasteiger partial charge in [0.1, 0.15) is 0 Å². The number of hydrogen-bond donors (Lipinski definition) is 1. The van der Waals surface area contributed by atoms with Crippen LogP contribution in [0.25, 0.3) is 0 Å². The lowest BCUT2D eigenvalue weighted by atomic mass is 10.1. The molecule has 0 saturated carbocycles. The Morgan fingerprint density at radius 1 is 1.48 bits per heavy atom. The van der Waals surface area contributed by atoms with Crippen LogP contribution in [0.4, 0.5) is 11.4 Å². The van der Waals surface area contributed by atoms with Crippen molar-refractivity contribution < 1.29 is 14.8 Å². The zero-order valence-electron chi connectivity index (χ0n) is 12.2. The van der Waals surface area contributed by atoms with E-state index in [-0.39, 0.29) is 17.3 Å². The second kappa shape index (κ2) is 6.09. The molecule has 1 saturated heterocycles. The van der Waals surface area contributed by atoms with Gasteiger partial charge in [0.15, 0.2) is 0 Å². The first-order valence-corrected chi connectivity index (χ1v) is 6.94. The Morgan fingerprint density at radius 2 is 2.19 bits per heavy atom. The van der Waals surface area contributed by atoms with E-state index in [1.165, 1.54) is 18.2 Å². The van der Waals surface area contributed by atoms with Crippen molar-refractivity contribution >= 4 is 17.3 Å². The van der Waals surface area contributed by atoms with Gasteiger partial charge in [-0.25, -0.2) is 4.79 Å². The van der Waals surface area contributed by atoms with Gasteiger partial charge in [0, 0.05) is 37.8 Å². The van der Waals surface area contributed by atoms with Crippen LogP contribution in [0.1, 0.15) is 24.2 Å². The summed E-state index contributed by atoms with van der Waals surface area (Å²) in [5, 5.41) is 20.2. The molecule has 0 bridgehead atoms. The van der Waals surface area contributed by atoms with Crippen LogP contribution < -0.4 is 4.90 Å². The maximum Gasteiger partial charge on any atom is 0.337 e. The molecule has 0 aliphatic carbocycles. The van der Waals surface area contributed by atoms with Crippen molar-refractivity contribution in [3.8, 4) is 0 Å². The number of rotatable bonds is 4. The summed E-state index contributed by atoms with van der Waals surface area (Å²) in [6, 6.07) is 4.19. The minimum atomic E-state index is -1.06. The minimum absolute atomic E-state index is 0.0828. The summed E-state index contributed by atoms with van der Waals surface area (Å²) in [5.41, 5.74) is 0.456. The third kappa shape index (κ3) is 3.13. The maximum absolute atomic E-state index is 11.3. The molecule has 1 unspecified atom stereocenters. The van der Waals surface area contributed by atoms with Gasteiger partial charge in [0.05, 0.1) is 16.2 Å². The Morgan fingerprint density at radius 3 is 2.71 bits per heavy atom. The molecule has 7 nitrogen and oxygen atoms in total. The van der Waals surface area contributed by atoms with Gasteiger partial charge in [-0.1, -0.05) is 6.92 Å². The largest absolute Gasteiger partial charge is 0.478 e. The van der Waals surface area contributed by atoms with E-state index in [1.54, 1.807) is 0 Å². The number of anilines is 1. The standard InChI is InChI=1S/C14H19N3O4/c1-3-15-6-7-16(9-10(15)2)13-8-11(17(20)21)4-5-12(13)14(18)19/h4-5,8,10H,3,6-7,9H2,1-2H3,(H,18,19). The molecule has 1 aliphatic rings. The zero-order chi connectivity index (χ0) is 15.6. The van der Waals surface area contributed by atoms with E-state index in [1.807, 2.05) is 4.90 Å². The smallest absolute Gasteiger partial charge is 0.337 e. The van der Waals surface area contributed by atoms with Crippen molar-refractivity contribution in [2.24, 2.45) is 0 Å². The number of nitro benzene ring substituents is 1. The number of piperazine rings is 1. The number of hydrogen-bond acceptors (Lipinski definition) is 5. The Kier molecular flexibility index (Phi) is 4.42. The molecule has 7 heteroatoms. The molecule has 0 aromatic heterocycles. The Hall–Kier alpha value is -2.15. The van der Waals surface area contributed by atoms with Gasteiger partial charge in [-0.3, -0.25) is 15.0 Å². The molecule has 1 atom stereocenters. The highest BCUT2D eigenvalue weighted by atomic mass is 16.6. The van der Waals surface area contributed by atoms with E-state index in [9.17, 15) is 20.0 Å². The second-order valence-electron chi connectivity index (χ2n) is 5.19. The first kappa shape index (κ1) is 15.2. The SMILES string of the molecule is CCN1CCN(c2cc([N+](=O)[O-])ccc2C(=O)O)CC1C. The summed E-state index contributed by atoms with van der Waals surface area (Å²) < 4.78 is 0. The summed E-state index contributed by atoms with van der Waals surface area (Å²) in [5.74, 6) is -1.06. The summed E-state index contributed by atoms with van der Waals surface area (Å²) in [6.45, 7) is 7.25. The lowest BCUT2D eigenvalue weighted by Crippen LogP contribution is -2.52. The third-order valence-electron chi connectivity index (χ3n) is 3.93. The van der Waals surface area contributed by atoms with Gasteiger partial charge >= 0.3 is 5.97 Å². The first-order chi connectivity index (χ1) is 9.93. The highest BCUT2D eigenvalue weighted by Crippen LogP contribution is 2.28. The number of carbonyl (C=O) groups is 1. The Bertz CT molecular complexity index is 561. The van der Waals surface area contributed by atoms with Gasteiger partial charge in [-0.15, -0.1) is 0 Å². The minimum Gasteiger partial charge on any atom is -0.478 e. The molecule has 2 rings (SSSR count). The van der Waals surface area contributed by atoms with Crippen LogP contribution in [-0.2, 0) is 0 Å². The zero-order valence-corrected chi connectivity index (χ0v) is 12.2. The molecule has 0 spiro atoms. The normalized spacial score (nSPS) is 19.5. The molecule has 0 radical (unpaired) electrons. The van der Waals surface area contributed by atoms with Gasteiger partial charge < -0.3 is 10.0 Å². The quantitative estimate of drug-likeness (QED) is 0.673. The highest BCUT2D eigenvalue weighted by molar-refractivity contribution is 5.95. The molecule has 1 aliphatic heterocycles. The van der Waals surface area contributed by atoms with E-state index in [4.69, 9.17) is 0 Å². The highest BCUT2D eigenvalue weighted by Gasteiger charge is 2.26. The van der Waals surface area contributed by atoms with E-state index < -0.39 is 10.9 Å². The fourth-order valence-corrected chi connectivity index (χ4v) is 2.76. The monoisotopic (exact) mass is 293 g/mol. The molecule has 1 aromatic rings. The van der Waals surface area contributed by atoms with E-state index in [0.717, 1.165) is 13.1 Å². The van der Waals surface area contributed by atoms with Crippen LogP contribution in [0.5, 0.6) is 0 Å². The van der Waals surface area contributed by atoms with Crippen LogP contribution in [0, 0.1) is 10.1 Å². The summed E-state index contributed by atoms with van der Waals surface area (Å²) in [4.78, 5) is 26.0. The van der Waals surface area contributed by atoms with Gasteiger partial charge in [0.25, 0.3) is 5.69 Å². The fraction of sp³-hybridized carbons (Fsp3) is 0.500. The molecule has 114 valence electrons. The Labute approximate surface area is 122 Å². The maximum atomic E-state index is 11.3. The number of nitrogens with zero attached hydrogens (tertiary/aromatic N) is 3. The number of likely N-dealkylation sites (N-methyl/N-ethyl adjacent to an activating group) is 1. The summed E-state index contributed by atoms with van der Waals surface area (Å²) in [7, 11) is 0. The predicted molar refractivity (Wildman–Crippen MR) is 79.0 cm³/mol. The number of benzene rings is 1. The average molecular weight is 293 g/mol. The van der Waals surface area contributed by atoms with Crippen molar-refractivity contribution in [2.75, 3.05) is 31.1 Å². The summed E-state index contributed by atoms with van der Waals surface area (Å²) >= 11 is 0. The number of non-ortho nitro benzene ring substituents is 1. The molecule has 1 heterocycles. The van der Waals surface area contributed by atoms with Crippen LogP contribution >= 0.6 is 0 Å². The van der Waals surface area contributed by atoms with Crippen molar-refractivity contribution in [2.45, 2.75) is 19.9 Å². The molecule has 0 amide bonds. The summed E-state index contributed by atoms with van der Waals surface area (Å²) in [6.07, 6.45) is 0. The number of nitro groups is 1. The van der Waals surface area contributed by atoms with Gasteiger partial charge in [-0.2, -0.15) is 0 Å². The first-order valence-electron chi connectivity index (χ1n) is 6.94. The number of carboxylic acids is 1. The Balaban J connectivity index is 2.35. The topological polar surface area (TPSA) is 86.9 Å². The third-order valence-corrected chi connectivity index (χ3v) is 3.93. The number of carboxylic acid groups (broad SMARTS) is 1. The molecular formula is C14H19N3O4. The van der Waals surface area contributed by atoms with E-state index in [2.05, 4.69) is 18.7 Å². The van der Waals surface area contributed by atoms with Gasteiger partial charge in [0.2, 0.25) is 0 Å². The fourth-order valence-electron chi connectivity index (χ4n) is 2.76. The molecule has 1 N–H and O–H groups in total. The van der Waals surface area contributed by atoms with Gasteiger partial charge in [-0.05, 0) is 19.5 Å². The average Bonchev–Trinajstić information content (AvgIpc) is 2.46. The molecule has 1 fully saturated rings. The van der Waals surface area contributed by atoms with E-state index >= 15 is 0 Å². The van der Waals surface area contributed by atoms with Crippen LogP contribution in [0.15, 0.2) is 18.2 Å². The lowest BCUT2D eigenvalue weighted by molar-refractivity contribution is -0.384. The van der Waals surface area contributed by atoms with Crippen LogP contribution in [-0.4, -0.2) is 53.1 Å². The van der Waals surface area contributed by atoms with Crippen molar-refractivity contribution in [3.63, 3.8) is 0 Å². The predicted octanol–water partition coefficient (Wildman–Crippen LogP) is 1.82. The molecule has 21 heavy (non-hydrogen) atoms. The number of aromatic carboxylic acids is 1. The van der Waals surface area contributed by atoms with Crippen molar-refractivity contribution in [1.82, 2.24) is 4.90 Å². The second-order valence-corrected chi connectivity index (χ2v) is 5.19. The van der Waals surface area contributed by atoms with Crippen LogP contribution in [0.2, 0.25) is 0 Å². The van der Waals surface area contributed by atoms with Crippen molar-refractivity contribution in [3.05, 3.63) is 33.9 Å². The van der Waals surface area contributed by atoms with Crippen LogP contribution in [0.3, 0.4) is 0 Å². The van der Waals surface area contributed by atoms with Crippen molar-refractivity contribution in [1.29, 1.82) is 0 Å².